The van der Waals surface area contributed by atoms with E-state index in [0.717, 1.165) is 17.3 Å². The molecule has 0 heterocycles. The number of halogens is 2. The molecule has 2 amide bonds. The highest BCUT2D eigenvalue weighted by atomic mass is 79.9. The first-order valence-electron chi connectivity index (χ1n) is 10.9. The maximum atomic E-state index is 12.6. The van der Waals surface area contributed by atoms with E-state index >= 15 is 0 Å². The molecule has 0 saturated carbocycles. The highest BCUT2D eigenvalue weighted by Gasteiger charge is 2.16. The fraction of sp³-hybridized carbons (Fsp3) is 0.231. The van der Waals surface area contributed by atoms with Gasteiger partial charge in [-0.1, -0.05) is 37.1 Å². The van der Waals surface area contributed by atoms with Gasteiger partial charge in [-0.15, -0.1) is 0 Å². The number of nitrogens with one attached hydrogen (secondary N) is 2. The van der Waals surface area contributed by atoms with Gasteiger partial charge in [-0.3, -0.25) is 9.59 Å². The number of para-hydroxylation sites is 1. The number of carbonyl (C=O) groups excluding carboxylic acids is 2. The normalized spacial score (nSPS) is 11.4. The minimum Gasteiger partial charge on any atom is -0.492 e. The van der Waals surface area contributed by atoms with Crippen molar-refractivity contribution in [3.05, 3.63) is 81.8 Å². The van der Waals surface area contributed by atoms with E-state index in [2.05, 4.69) is 33.5 Å². The van der Waals surface area contributed by atoms with Gasteiger partial charge in [0, 0.05) is 16.9 Å². The molecule has 0 aliphatic rings. The van der Waals surface area contributed by atoms with Gasteiger partial charge in [-0.05, 0) is 83.9 Å². The molecule has 0 fully saturated rings. The first-order chi connectivity index (χ1) is 16.4. The summed E-state index contributed by atoms with van der Waals surface area (Å²) in [5.74, 6) is 0.581. The molecule has 6 nitrogen and oxygen atoms in total. The number of benzene rings is 3. The van der Waals surface area contributed by atoms with Crippen molar-refractivity contribution in [1.29, 1.82) is 0 Å². The fourth-order valence-corrected chi connectivity index (χ4v) is 3.63. The molecule has 1 unspecified atom stereocenters. The Morgan fingerprint density at radius 3 is 2.29 bits per heavy atom. The van der Waals surface area contributed by atoms with Crippen LogP contribution >= 0.6 is 27.5 Å². The number of ether oxygens (including phenoxy) is 2. The smallest absolute Gasteiger partial charge is 0.265 e. The van der Waals surface area contributed by atoms with Gasteiger partial charge in [0.05, 0.1) is 16.1 Å². The lowest BCUT2D eigenvalue weighted by atomic mass is 10.2. The maximum absolute atomic E-state index is 12.6. The van der Waals surface area contributed by atoms with Crippen molar-refractivity contribution >= 4 is 50.7 Å². The predicted octanol–water partition coefficient (Wildman–Crippen LogP) is 6.94. The summed E-state index contributed by atoms with van der Waals surface area (Å²) in [6.07, 6.45) is 1.28. The Kier molecular flexibility index (Phi) is 9.36. The van der Waals surface area contributed by atoms with Crippen LogP contribution in [0.5, 0.6) is 11.5 Å². The first-order valence-corrected chi connectivity index (χ1v) is 12.1. The van der Waals surface area contributed by atoms with E-state index in [-0.39, 0.29) is 11.8 Å². The molecule has 0 spiro atoms. The molecular weight excluding hydrogens is 520 g/mol. The summed E-state index contributed by atoms with van der Waals surface area (Å²) in [5, 5.41) is 6.07. The second-order valence-corrected chi connectivity index (χ2v) is 8.82. The largest absolute Gasteiger partial charge is 0.492 e. The summed E-state index contributed by atoms with van der Waals surface area (Å²) in [6, 6.07) is 19.0. The quantitative estimate of drug-likeness (QED) is 0.271. The molecule has 34 heavy (non-hydrogen) atoms. The van der Waals surface area contributed by atoms with Gasteiger partial charge in [0.15, 0.2) is 6.10 Å². The Morgan fingerprint density at radius 2 is 1.65 bits per heavy atom. The first kappa shape index (κ1) is 25.6. The number of carbonyl (C=O) groups is 2. The molecule has 3 rings (SSSR count). The van der Waals surface area contributed by atoms with Crippen LogP contribution in [0.15, 0.2) is 71.2 Å². The van der Waals surface area contributed by atoms with E-state index in [9.17, 15) is 9.59 Å². The zero-order chi connectivity index (χ0) is 24.5. The van der Waals surface area contributed by atoms with Crippen LogP contribution in [0.1, 0.15) is 37.0 Å². The SMILES string of the molecule is CCCCOc1ccc(C(=O)Nc2ccc(NC(=O)C(C)Oc3ccccc3Cl)cc2)cc1Br. The molecule has 178 valence electrons. The highest BCUT2D eigenvalue weighted by Crippen LogP contribution is 2.27. The Hall–Kier alpha value is -3.03. The van der Waals surface area contributed by atoms with E-state index < -0.39 is 6.10 Å². The number of unbranched alkanes of at least 4 members (excludes halogenated alkanes) is 1. The molecular formula is C26H26BrClN2O4. The van der Waals surface area contributed by atoms with Crippen molar-refractivity contribution in [3.8, 4) is 11.5 Å². The maximum Gasteiger partial charge on any atom is 0.265 e. The molecule has 3 aromatic carbocycles. The lowest BCUT2D eigenvalue weighted by molar-refractivity contribution is -0.122. The van der Waals surface area contributed by atoms with E-state index in [1.165, 1.54) is 0 Å². The third-order valence-corrected chi connectivity index (χ3v) is 5.80. The van der Waals surface area contributed by atoms with Crippen molar-refractivity contribution < 1.29 is 19.1 Å². The standard InChI is InChI=1S/C26H26BrClN2O4/c1-3-4-15-33-23-14-9-18(16-21(23)27)26(32)30-20-12-10-19(11-13-20)29-25(31)17(2)34-24-8-6-5-7-22(24)28/h5-14,16-17H,3-4,15H2,1-2H3,(H,29,31)(H,30,32). The summed E-state index contributed by atoms with van der Waals surface area (Å²) in [4.78, 5) is 25.1. The van der Waals surface area contributed by atoms with Gasteiger partial charge < -0.3 is 20.1 Å². The van der Waals surface area contributed by atoms with Crippen LogP contribution in [0.25, 0.3) is 0 Å². The van der Waals surface area contributed by atoms with Crippen LogP contribution in [-0.4, -0.2) is 24.5 Å². The number of amides is 2. The Balaban J connectivity index is 1.55. The van der Waals surface area contributed by atoms with Crippen molar-refractivity contribution in [1.82, 2.24) is 0 Å². The predicted molar refractivity (Wildman–Crippen MR) is 139 cm³/mol. The van der Waals surface area contributed by atoms with Gasteiger partial charge in [0.25, 0.3) is 11.8 Å². The number of rotatable bonds is 10. The molecule has 0 aliphatic heterocycles. The van der Waals surface area contributed by atoms with E-state index in [0.29, 0.717) is 40.1 Å². The Morgan fingerprint density at radius 1 is 0.971 bits per heavy atom. The average molecular weight is 546 g/mol. The fourth-order valence-electron chi connectivity index (χ4n) is 2.95. The van der Waals surface area contributed by atoms with Gasteiger partial charge in [0.2, 0.25) is 0 Å². The Bertz CT molecular complexity index is 1140. The minimum absolute atomic E-state index is 0.251. The van der Waals surface area contributed by atoms with E-state index in [1.807, 2.05) is 0 Å². The van der Waals surface area contributed by atoms with Crippen molar-refractivity contribution in [2.45, 2.75) is 32.8 Å². The van der Waals surface area contributed by atoms with Crippen molar-refractivity contribution in [2.75, 3.05) is 17.2 Å². The molecule has 8 heteroatoms. The van der Waals surface area contributed by atoms with E-state index in [4.69, 9.17) is 21.1 Å². The molecule has 0 saturated heterocycles. The molecule has 0 aliphatic carbocycles. The summed E-state index contributed by atoms with van der Waals surface area (Å²) in [6.45, 7) is 4.38. The highest BCUT2D eigenvalue weighted by molar-refractivity contribution is 9.10. The lowest BCUT2D eigenvalue weighted by Gasteiger charge is -2.16. The molecule has 0 radical (unpaired) electrons. The van der Waals surface area contributed by atoms with Crippen LogP contribution < -0.4 is 20.1 Å². The minimum atomic E-state index is -0.744. The van der Waals surface area contributed by atoms with Gasteiger partial charge in [-0.2, -0.15) is 0 Å². The Labute approximate surface area is 212 Å². The van der Waals surface area contributed by atoms with Gasteiger partial charge >= 0.3 is 0 Å². The third kappa shape index (κ3) is 7.23. The van der Waals surface area contributed by atoms with Crippen molar-refractivity contribution in [3.63, 3.8) is 0 Å². The molecule has 0 bridgehead atoms. The van der Waals surface area contributed by atoms with E-state index in [1.54, 1.807) is 73.7 Å². The average Bonchev–Trinajstić information content (AvgIpc) is 2.82. The van der Waals surface area contributed by atoms with Crippen LogP contribution in [-0.2, 0) is 4.79 Å². The topological polar surface area (TPSA) is 76.7 Å². The number of hydrogen-bond donors (Lipinski definition) is 2. The molecule has 2 N–H and O–H groups in total. The summed E-state index contributed by atoms with van der Waals surface area (Å²) < 4.78 is 12.1. The summed E-state index contributed by atoms with van der Waals surface area (Å²) in [5.41, 5.74) is 1.68. The zero-order valence-corrected chi connectivity index (χ0v) is 21.3. The second kappa shape index (κ2) is 12.4. The number of anilines is 2. The van der Waals surface area contributed by atoms with Gasteiger partial charge in [0.1, 0.15) is 11.5 Å². The zero-order valence-electron chi connectivity index (χ0n) is 18.9. The molecule has 1 atom stereocenters. The molecule has 3 aromatic rings. The second-order valence-electron chi connectivity index (χ2n) is 7.56. The monoisotopic (exact) mass is 544 g/mol. The summed E-state index contributed by atoms with van der Waals surface area (Å²) in [7, 11) is 0. The molecule has 0 aromatic heterocycles. The third-order valence-electron chi connectivity index (χ3n) is 4.87. The summed E-state index contributed by atoms with van der Waals surface area (Å²) >= 11 is 9.54. The van der Waals surface area contributed by atoms with Crippen LogP contribution in [0.3, 0.4) is 0 Å². The van der Waals surface area contributed by atoms with Gasteiger partial charge in [-0.25, -0.2) is 0 Å². The van der Waals surface area contributed by atoms with Crippen molar-refractivity contribution in [2.24, 2.45) is 0 Å². The van der Waals surface area contributed by atoms with Crippen LogP contribution in [0.4, 0.5) is 11.4 Å². The lowest BCUT2D eigenvalue weighted by Crippen LogP contribution is -2.30. The van der Waals surface area contributed by atoms with Crippen LogP contribution in [0.2, 0.25) is 5.02 Å². The van der Waals surface area contributed by atoms with Crippen LogP contribution in [0, 0.1) is 0 Å². The number of hydrogen-bond acceptors (Lipinski definition) is 4.